The third kappa shape index (κ3) is 3.46. The van der Waals surface area contributed by atoms with E-state index in [2.05, 4.69) is 10.2 Å². The Bertz CT molecular complexity index is 911. The lowest BCUT2D eigenvalue weighted by atomic mass is 10.1. The average Bonchev–Trinajstić information content (AvgIpc) is 3.05. The minimum atomic E-state index is -0.340. The number of aryl methyl sites for hydroxylation is 1. The zero-order chi connectivity index (χ0) is 17.1. The highest BCUT2D eigenvalue weighted by Gasteiger charge is 2.06. The van der Waals surface area contributed by atoms with Crippen molar-refractivity contribution in [3.63, 3.8) is 0 Å². The van der Waals surface area contributed by atoms with Crippen LogP contribution in [0.25, 0.3) is 17.3 Å². The Morgan fingerprint density at radius 1 is 1.08 bits per heavy atom. The molecule has 0 spiro atoms. The topological polar surface area (TPSA) is 45.8 Å². The number of allylic oxidation sites excluding steroid dienone is 1. The molecule has 0 atom stereocenters. The first kappa shape index (κ1) is 15.8. The Balaban J connectivity index is 1.76. The first-order valence-electron chi connectivity index (χ1n) is 7.33. The van der Waals surface area contributed by atoms with Crippen LogP contribution in [0.2, 0.25) is 0 Å². The number of hydrogen-bond acceptors (Lipinski definition) is 2. The molecule has 0 aliphatic rings. The van der Waals surface area contributed by atoms with Crippen LogP contribution in [0.3, 0.4) is 0 Å². The van der Waals surface area contributed by atoms with Gasteiger partial charge >= 0.3 is 0 Å². The van der Waals surface area contributed by atoms with Crippen LogP contribution in [0.15, 0.2) is 54.6 Å². The standard InChI is InChI=1S/C19H14F2N2O/c1-12-10-14(4-8-17(12)21)19(24)9-7-16-11-18(23-22-16)13-2-5-15(20)6-3-13/h2-11H,1H3,(H,22,23)/b9-7+. The predicted molar refractivity (Wildman–Crippen MR) is 88.5 cm³/mol. The molecular weight excluding hydrogens is 310 g/mol. The number of ketones is 1. The molecule has 5 heteroatoms. The second-order valence-corrected chi connectivity index (χ2v) is 5.38. The van der Waals surface area contributed by atoms with Crippen molar-refractivity contribution in [2.24, 2.45) is 0 Å². The Morgan fingerprint density at radius 3 is 2.54 bits per heavy atom. The smallest absolute Gasteiger partial charge is 0.185 e. The number of benzene rings is 2. The van der Waals surface area contributed by atoms with Gasteiger partial charge in [0, 0.05) is 11.1 Å². The van der Waals surface area contributed by atoms with E-state index in [4.69, 9.17) is 0 Å². The van der Waals surface area contributed by atoms with Crippen LogP contribution in [-0.2, 0) is 0 Å². The van der Waals surface area contributed by atoms with Crippen LogP contribution >= 0.6 is 0 Å². The Kier molecular flexibility index (Phi) is 4.33. The maximum Gasteiger partial charge on any atom is 0.185 e. The number of aromatic amines is 1. The highest BCUT2D eigenvalue weighted by atomic mass is 19.1. The second kappa shape index (κ2) is 6.58. The molecule has 1 heterocycles. The second-order valence-electron chi connectivity index (χ2n) is 5.38. The van der Waals surface area contributed by atoms with Gasteiger partial charge in [0.25, 0.3) is 0 Å². The molecule has 0 unspecified atom stereocenters. The van der Waals surface area contributed by atoms with Crippen molar-refractivity contribution in [3.05, 3.63) is 83.1 Å². The fourth-order valence-corrected chi connectivity index (χ4v) is 2.25. The normalized spacial score (nSPS) is 11.1. The summed E-state index contributed by atoms with van der Waals surface area (Å²) in [5, 5.41) is 6.94. The molecule has 0 aliphatic carbocycles. The van der Waals surface area contributed by atoms with Gasteiger partial charge < -0.3 is 0 Å². The van der Waals surface area contributed by atoms with Gasteiger partial charge in [-0.3, -0.25) is 9.89 Å². The monoisotopic (exact) mass is 324 g/mol. The Hall–Kier alpha value is -3.08. The highest BCUT2D eigenvalue weighted by Crippen LogP contribution is 2.18. The van der Waals surface area contributed by atoms with Crippen molar-refractivity contribution >= 4 is 11.9 Å². The van der Waals surface area contributed by atoms with Gasteiger partial charge in [-0.2, -0.15) is 5.10 Å². The van der Waals surface area contributed by atoms with Crippen molar-refractivity contribution < 1.29 is 13.6 Å². The highest BCUT2D eigenvalue weighted by molar-refractivity contribution is 6.06. The first-order chi connectivity index (χ1) is 11.5. The molecule has 3 rings (SSSR count). The number of nitrogens with zero attached hydrogens (tertiary/aromatic N) is 1. The summed E-state index contributed by atoms with van der Waals surface area (Å²) in [5.41, 5.74) is 2.91. The van der Waals surface area contributed by atoms with Crippen molar-refractivity contribution in [3.8, 4) is 11.3 Å². The van der Waals surface area contributed by atoms with Gasteiger partial charge in [0.1, 0.15) is 11.6 Å². The SMILES string of the molecule is Cc1cc(C(=O)/C=C/c2cc(-c3ccc(F)cc3)n[nH]2)ccc1F. The fourth-order valence-electron chi connectivity index (χ4n) is 2.25. The molecule has 120 valence electrons. The lowest BCUT2D eigenvalue weighted by Crippen LogP contribution is -1.96. The lowest BCUT2D eigenvalue weighted by molar-refractivity contribution is 0.104. The van der Waals surface area contributed by atoms with E-state index < -0.39 is 0 Å². The summed E-state index contributed by atoms with van der Waals surface area (Å²) in [5.74, 6) is -0.876. The van der Waals surface area contributed by atoms with E-state index in [1.54, 1.807) is 31.2 Å². The van der Waals surface area contributed by atoms with Crippen molar-refractivity contribution in [1.29, 1.82) is 0 Å². The third-order valence-electron chi connectivity index (χ3n) is 3.59. The van der Waals surface area contributed by atoms with Crippen LogP contribution in [0.4, 0.5) is 8.78 Å². The molecule has 0 saturated carbocycles. The van der Waals surface area contributed by atoms with E-state index in [1.165, 1.54) is 36.4 Å². The summed E-state index contributed by atoms with van der Waals surface area (Å²) in [6, 6.07) is 12.0. The van der Waals surface area contributed by atoms with Gasteiger partial charge in [-0.15, -0.1) is 0 Å². The zero-order valence-electron chi connectivity index (χ0n) is 12.9. The van der Waals surface area contributed by atoms with E-state index in [9.17, 15) is 13.6 Å². The molecule has 0 saturated heterocycles. The minimum Gasteiger partial charge on any atom is -0.289 e. The van der Waals surface area contributed by atoms with Crippen LogP contribution < -0.4 is 0 Å². The predicted octanol–water partition coefficient (Wildman–Crippen LogP) is 4.56. The van der Waals surface area contributed by atoms with Gasteiger partial charge in [0.2, 0.25) is 0 Å². The maximum atomic E-state index is 13.2. The summed E-state index contributed by atoms with van der Waals surface area (Å²) in [6.45, 7) is 1.61. The molecule has 0 aliphatic heterocycles. The summed E-state index contributed by atoms with van der Waals surface area (Å²) >= 11 is 0. The largest absolute Gasteiger partial charge is 0.289 e. The molecule has 0 radical (unpaired) electrons. The van der Waals surface area contributed by atoms with Gasteiger partial charge in [-0.05, 0) is 73.2 Å². The Morgan fingerprint density at radius 2 is 1.83 bits per heavy atom. The van der Waals surface area contributed by atoms with Crippen molar-refractivity contribution in [2.75, 3.05) is 0 Å². The molecule has 24 heavy (non-hydrogen) atoms. The van der Waals surface area contributed by atoms with E-state index in [0.29, 0.717) is 22.5 Å². The maximum absolute atomic E-state index is 13.2. The quantitative estimate of drug-likeness (QED) is 0.565. The molecule has 1 N–H and O–H groups in total. The number of hydrogen-bond donors (Lipinski definition) is 1. The number of H-pyrrole nitrogens is 1. The summed E-state index contributed by atoms with van der Waals surface area (Å²) in [6.07, 6.45) is 3.00. The molecule has 0 amide bonds. The summed E-state index contributed by atoms with van der Waals surface area (Å²) in [4.78, 5) is 12.1. The first-order valence-corrected chi connectivity index (χ1v) is 7.33. The lowest BCUT2D eigenvalue weighted by Gasteiger charge is -1.99. The van der Waals surface area contributed by atoms with Crippen LogP contribution in [0.5, 0.6) is 0 Å². The fraction of sp³-hybridized carbons (Fsp3) is 0.0526. The van der Waals surface area contributed by atoms with E-state index in [1.807, 2.05) is 0 Å². The number of carbonyl (C=O) groups excluding carboxylic acids is 1. The van der Waals surface area contributed by atoms with Crippen molar-refractivity contribution in [1.82, 2.24) is 10.2 Å². The molecule has 0 fully saturated rings. The molecule has 3 nitrogen and oxygen atoms in total. The third-order valence-corrected chi connectivity index (χ3v) is 3.59. The van der Waals surface area contributed by atoms with E-state index in [0.717, 1.165) is 5.56 Å². The Labute approximate surface area is 137 Å². The van der Waals surface area contributed by atoms with Gasteiger partial charge in [0.05, 0.1) is 11.4 Å². The number of aromatic nitrogens is 2. The molecule has 3 aromatic rings. The minimum absolute atomic E-state index is 0.226. The van der Waals surface area contributed by atoms with E-state index in [-0.39, 0.29) is 17.4 Å². The number of rotatable bonds is 4. The molecule has 0 bridgehead atoms. The number of nitrogens with one attached hydrogen (secondary N) is 1. The van der Waals surface area contributed by atoms with Crippen LogP contribution in [0, 0.1) is 18.6 Å². The molecule has 2 aromatic carbocycles. The van der Waals surface area contributed by atoms with Gasteiger partial charge in [-0.25, -0.2) is 8.78 Å². The van der Waals surface area contributed by atoms with E-state index >= 15 is 0 Å². The molecular formula is C19H14F2N2O. The van der Waals surface area contributed by atoms with Crippen LogP contribution in [-0.4, -0.2) is 16.0 Å². The summed E-state index contributed by atoms with van der Waals surface area (Å²) in [7, 11) is 0. The number of carbonyl (C=O) groups is 1. The molecule has 1 aromatic heterocycles. The van der Waals surface area contributed by atoms with Crippen LogP contribution in [0.1, 0.15) is 21.6 Å². The van der Waals surface area contributed by atoms with Gasteiger partial charge in [0.15, 0.2) is 5.78 Å². The summed E-state index contributed by atoms with van der Waals surface area (Å²) < 4.78 is 26.2. The van der Waals surface area contributed by atoms with Gasteiger partial charge in [-0.1, -0.05) is 0 Å². The average molecular weight is 324 g/mol. The van der Waals surface area contributed by atoms with Crippen molar-refractivity contribution in [2.45, 2.75) is 6.92 Å². The number of halogens is 2. The zero-order valence-corrected chi connectivity index (χ0v) is 12.9.